The van der Waals surface area contributed by atoms with Crippen molar-refractivity contribution in [1.82, 2.24) is 19.9 Å². The van der Waals surface area contributed by atoms with Gasteiger partial charge in [0.15, 0.2) is 11.5 Å². The van der Waals surface area contributed by atoms with Gasteiger partial charge in [-0.05, 0) is 54.7 Å². The summed E-state index contributed by atoms with van der Waals surface area (Å²) in [4.78, 5) is 33.5. The number of fused-ring (bicyclic) bond motifs is 2. The summed E-state index contributed by atoms with van der Waals surface area (Å²) in [6.45, 7) is 1.10. The maximum absolute atomic E-state index is 12.8. The second-order valence-electron chi connectivity index (χ2n) is 7.67. The van der Waals surface area contributed by atoms with E-state index < -0.39 is 0 Å². The van der Waals surface area contributed by atoms with E-state index in [9.17, 15) is 9.59 Å². The van der Waals surface area contributed by atoms with E-state index in [1.807, 2.05) is 30.3 Å². The summed E-state index contributed by atoms with van der Waals surface area (Å²) in [5, 5.41) is 3.59. The summed E-state index contributed by atoms with van der Waals surface area (Å²) < 4.78 is 12.4. The Balaban J connectivity index is 1.23. The zero-order chi connectivity index (χ0) is 21.9. The molecule has 164 valence electrons. The molecule has 8 nitrogen and oxygen atoms in total. The van der Waals surface area contributed by atoms with Gasteiger partial charge in [-0.2, -0.15) is 4.98 Å². The van der Waals surface area contributed by atoms with Crippen LogP contribution in [0.3, 0.4) is 0 Å². The topological polar surface area (TPSA) is 95.3 Å². The zero-order valence-electron chi connectivity index (χ0n) is 17.4. The smallest absolute Gasteiger partial charge is 0.349 e. The van der Waals surface area contributed by atoms with Crippen LogP contribution in [0.4, 0.5) is 0 Å². The number of ether oxygens (including phenoxy) is 2. The molecule has 2 aromatic heterocycles. The van der Waals surface area contributed by atoms with Crippen LogP contribution >= 0.6 is 11.8 Å². The van der Waals surface area contributed by atoms with E-state index in [0.29, 0.717) is 29.6 Å². The van der Waals surface area contributed by atoms with E-state index in [1.54, 1.807) is 17.0 Å². The molecule has 0 spiro atoms. The first kappa shape index (κ1) is 20.6. The van der Waals surface area contributed by atoms with Crippen LogP contribution < -0.4 is 20.5 Å². The fourth-order valence-corrected chi connectivity index (χ4v) is 4.88. The summed E-state index contributed by atoms with van der Waals surface area (Å²) in [7, 11) is 0. The number of rotatable bonds is 7. The lowest BCUT2D eigenvalue weighted by Crippen LogP contribution is -2.28. The minimum Gasteiger partial charge on any atom is -0.454 e. The number of nitrogens with one attached hydrogen (secondary N) is 1. The van der Waals surface area contributed by atoms with Crippen LogP contribution in [0.1, 0.15) is 28.8 Å². The molecule has 0 radical (unpaired) electrons. The van der Waals surface area contributed by atoms with Gasteiger partial charge >= 0.3 is 5.69 Å². The Morgan fingerprint density at radius 2 is 1.94 bits per heavy atom. The largest absolute Gasteiger partial charge is 0.454 e. The maximum atomic E-state index is 12.8. The lowest BCUT2D eigenvalue weighted by molar-refractivity contribution is -0.118. The Hall–Kier alpha value is -3.33. The van der Waals surface area contributed by atoms with Gasteiger partial charge in [0, 0.05) is 30.2 Å². The number of nitrogens with zero attached hydrogens (tertiary/aromatic N) is 3. The lowest BCUT2D eigenvalue weighted by Gasteiger charge is -2.14. The van der Waals surface area contributed by atoms with Crippen molar-refractivity contribution in [2.24, 2.45) is 0 Å². The molecule has 32 heavy (non-hydrogen) atoms. The van der Waals surface area contributed by atoms with Crippen molar-refractivity contribution in [2.75, 3.05) is 12.5 Å². The van der Waals surface area contributed by atoms with E-state index in [2.05, 4.69) is 15.3 Å². The molecule has 0 fully saturated rings. The van der Waals surface area contributed by atoms with E-state index in [0.717, 1.165) is 41.6 Å². The number of hydrogen-bond acceptors (Lipinski definition) is 7. The maximum Gasteiger partial charge on any atom is 0.349 e. The first-order valence-electron chi connectivity index (χ1n) is 10.5. The number of benzene rings is 1. The molecule has 0 atom stereocenters. The van der Waals surface area contributed by atoms with Gasteiger partial charge in [-0.3, -0.25) is 14.3 Å². The van der Waals surface area contributed by atoms with Crippen molar-refractivity contribution in [2.45, 2.75) is 37.4 Å². The van der Waals surface area contributed by atoms with Crippen LogP contribution in [0.5, 0.6) is 11.5 Å². The minimum atomic E-state index is -0.272. The highest BCUT2D eigenvalue weighted by molar-refractivity contribution is 7.99. The molecule has 1 aliphatic carbocycles. The Bertz CT molecular complexity index is 1210. The number of pyridine rings is 1. The Morgan fingerprint density at radius 1 is 1.09 bits per heavy atom. The van der Waals surface area contributed by atoms with E-state index in [4.69, 9.17) is 9.47 Å². The first-order valence-corrected chi connectivity index (χ1v) is 11.5. The third kappa shape index (κ3) is 4.34. The summed E-state index contributed by atoms with van der Waals surface area (Å²) >= 11 is 1.33. The second-order valence-corrected chi connectivity index (χ2v) is 8.64. The van der Waals surface area contributed by atoms with Gasteiger partial charge in [-0.15, -0.1) is 0 Å². The molecule has 5 rings (SSSR count). The summed E-state index contributed by atoms with van der Waals surface area (Å²) in [6.07, 6.45) is 6.16. The molecule has 2 aliphatic rings. The number of carbonyl (C=O) groups is 1. The summed E-state index contributed by atoms with van der Waals surface area (Å²) in [5.41, 5.74) is 3.80. The van der Waals surface area contributed by atoms with Gasteiger partial charge in [0.25, 0.3) is 0 Å². The normalized spacial score (nSPS) is 13.8. The molecule has 1 aliphatic heterocycles. The van der Waals surface area contributed by atoms with Gasteiger partial charge < -0.3 is 14.8 Å². The predicted octanol–water partition coefficient (Wildman–Crippen LogP) is 2.31. The highest BCUT2D eigenvalue weighted by Crippen LogP contribution is 2.32. The fourth-order valence-electron chi connectivity index (χ4n) is 3.98. The Morgan fingerprint density at radius 3 is 2.81 bits per heavy atom. The molecule has 0 saturated heterocycles. The zero-order valence-corrected chi connectivity index (χ0v) is 18.2. The highest BCUT2D eigenvalue weighted by Gasteiger charge is 2.22. The molecule has 3 heterocycles. The van der Waals surface area contributed by atoms with Crippen LogP contribution in [0.2, 0.25) is 0 Å². The third-order valence-corrected chi connectivity index (χ3v) is 6.58. The number of carbonyl (C=O) groups excluding carboxylic acids is 1. The summed E-state index contributed by atoms with van der Waals surface area (Å²) in [5.74, 6) is 1.51. The van der Waals surface area contributed by atoms with Crippen molar-refractivity contribution in [3.05, 3.63) is 75.6 Å². The van der Waals surface area contributed by atoms with Crippen LogP contribution in [0.15, 0.2) is 52.5 Å². The molecule has 1 aromatic carbocycles. The number of hydrogen-bond donors (Lipinski definition) is 1. The molecule has 0 bridgehead atoms. The predicted molar refractivity (Wildman–Crippen MR) is 119 cm³/mol. The molecular weight excluding hydrogens is 428 g/mol. The second kappa shape index (κ2) is 9.04. The first-order chi connectivity index (χ1) is 15.7. The standard InChI is InChI=1S/C23H22N4O4S/c28-21(25-11-16-4-5-19-20(10-16)31-14-30-19)13-32-22-17-2-1-3-18(17)27(23(29)26-22)12-15-6-8-24-9-7-15/h4-10H,1-3,11-14H2,(H,25,28). The van der Waals surface area contributed by atoms with E-state index >= 15 is 0 Å². The van der Waals surface area contributed by atoms with Crippen molar-refractivity contribution in [3.8, 4) is 11.5 Å². The minimum absolute atomic E-state index is 0.109. The quantitative estimate of drug-likeness (QED) is 0.436. The monoisotopic (exact) mass is 450 g/mol. The van der Waals surface area contributed by atoms with Gasteiger partial charge in [-0.1, -0.05) is 17.8 Å². The molecule has 1 N–H and O–H groups in total. The van der Waals surface area contributed by atoms with E-state index in [-0.39, 0.29) is 24.1 Å². The Labute approximate surface area is 189 Å². The van der Waals surface area contributed by atoms with Crippen LogP contribution in [0.25, 0.3) is 0 Å². The average Bonchev–Trinajstić information content (AvgIpc) is 3.48. The van der Waals surface area contributed by atoms with Crippen molar-refractivity contribution in [1.29, 1.82) is 0 Å². The van der Waals surface area contributed by atoms with Crippen molar-refractivity contribution < 1.29 is 14.3 Å². The molecule has 0 saturated carbocycles. The van der Waals surface area contributed by atoms with Gasteiger partial charge in [0.1, 0.15) is 5.03 Å². The number of aromatic nitrogens is 3. The number of thioether (sulfide) groups is 1. The number of amides is 1. The van der Waals surface area contributed by atoms with Crippen LogP contribution in [-0.4, -0.2) is 33.0 Å². The van der Waals surface area contributed by atoms with Crippen LogP contribution in [0, 0.1) is 0 Å². The van der Waals surface area contributed by atoms with Crippen molar-refractivity contribution >= 4 is 17.7 Å². The summed E-state index contributed by atoms with van der Waals surface area (Å²) in [6, 6.07) is 9.42. The molecule has 3 aromatic rings. The average molecular weight is 451 g/mol. The highest BCUT2D eigenvalue weighted by atomic mass is 32.2. The van der Waals surface area contributed by atoms with Crippen LogP contribution in [-0.2, 0) is 30.7 Å². The lowest BCUT2D eigenvalue weighted by atomic mass is 10.2. The molecular formula is C23H22N4O4S. The van der Waals surface area contributed by atoms with Gasteiger partial charge in [-0.25, -0.2) is 4.79 Å². The SMILES string of the molecule is O=C(CSc1nc(=O)n(Cc2ccncc2)c2c1CCC2)NCc1ccc2c(c1)OCO2. The Kier molecular flexibility index (Phi) is 5.81. The van der Waals surface area contributed by atoms with E-state index in [1.165, 1.54) is 11.8 Å². The third-order valence-electron chi connectivity index (χ3n) is 5.56. The van der Waals surface area contributed by atoms with Crippen molar-refractivity contribution in [3.63, 3.8) is 0 Å². The molecule has 1 amide bonds. The molecule has 9 heteroatoms. The van der Waals surface area contributed by atoms with Gasteiger partial charge in [0.2, 0.25) is 12.7 Å². The fraction of sp³-hybridized carbons (Fsp3) is 0.304. The van der Waals surface area contributed by atoms with Gasteiger partial charge in [0.05, 0.1) is 12.3 Å². The molecule has 0 unspecified atom stereocenters.